The molecule has 0 fully saturated rings. The summed E-state index contributed by atoms with van der Waals surface area (Å²) < 4.78 is 0. The monoisotopic (exact) mass is 385 g/mol. The highest BCUT2D eigenvalue weighted by Gasteiger charge is 2.56. The van der Waals surface area contributed by atoms with Gasteiger partial charge in [-0.1, -0.05) is 78.9 Å². The largest absolute Gasteiger partial charge is 0.503 e. The summed E-state index contributed by atoms with van der Waals surface area (Å²) in [5, 5.41) is 20.7. The SMILES string of the molecule is O=C(O)C1=C(O)C(=O)N(c2ccccc2)C1(Cc1ccccc1)c1ccccc1. The first-order valence-electron chi connectivity index (χ1n) is 9.22. The van der Waals surface area contributed by atoms with E-state index in [4.69, 9.17) is 0 Å². The Morgan fingerprint density at radius 1 is 0.828 bits per heavy atom. The number of rotatable bonds is 5. The fourth-order valence-corrected chi connectivity index (χ4v) is 4.03. The van der Waals surface area contributed by atoms with Crippen LogP contribution in [-0.4, -0.2) is 22.1 Å². The molecule has 2 N–H and O–H groups in total. The zero-order valence-electron chi connectivity index (χ0n) is 15.5. The Morgan fingerprint density at radius 3 is 1.90 bits per heavy atom. The molecule has 0 aliphatic carbocycles. The highest BCUT2D eigenvalue weighted by Crippen LogP contribution is 2.48. The van der Waals surface area contributed by atoms with Crippen molar-refractivity contribution < 1.29 is 19.8 Å². The van der Waals surface area contributed by atoms with Crippen molar-refractivity contribution in [3.8, 4) is 0 Å². The Bertz CT molecular complexity index is 1080. The van der Waals surface area contributed by atoms with Crippen LogP contribution < -0.4 is 4.90 Å². The maximum Gasteiger partial charge on any atom is 0.338 e. The lowest BCUT2D eigenvalue weighted by Gasteiger charge is -2.40. The Hall–Kier alpha value is -3.86. The Labute approximate surface area is 168 Å². The van der Waals surface area contributed by atoms with Crippen molar-refractivity contribution >= 4 is 17.6 Å². The van der Waals surface area contributed by atoms with Gasteiger partial charge in [0.25, 0.3) is 5.91 Å². The molecule has 0 aromatic heterocycles. The summed E-state index contributed by atoms with van der Waals surface area (Å²) in [7, 11) is 0. The lowest BCUT2D eigenvalue weighted by atomic mass is 9.77. The van der Waals surface area contributed by atoms with Crippen LogP contribution in [-0.2, 0) is 21.5 Å². The number of hydrogen-bond acceptors (Lipinski definition) is 3. The first-order chi connectivity index (χ1) is 14.1. The maximum atomic E-state index is 13.2. The fraction of sp³-hybridized carbons (Fsp3) is 0.0833. The predicted molar refractivity (Wildman–Crippen MR) is 109 cm³/mol. The van der Waals surface area contributed by atoms with Gasteiger partial charge in [-0.05, 0) is 23.3 Å². The van der Waals surface area contributed by atoms with Crippen molar-refractivity contribution in [1.29, 1.82) is 0 Å². The van der Waals surface area contributed by atoms with Crippen LogP contribution in [0.15, 0.2) is 102 Å². The van der Waals surface area contributed by atoms with Crippen molar-refractivity contribution in [3.63, 3.8) is 0 Å². The minimum absolute atomic E-state index is 0.199. The van der Waals surface area contributed by atoms with E-state index in [1.165, 1.54) is 4.90 Å². The molecule has 0 bridgehead atoms. The number of carboxylic acid groups (broad SMARTS) is 1. The molecular formula is C24H19NO4. The number of amides is 1. The summed E-state index contributed by atoms with van der Waals surface area (Å²) >= 11 is 0. The molecule has 1 unspecified atom stereocenters. The average molecular weight is 385 g/mol. The molecule has 5 heteroatoms. The molecule has 0 spiro atoms. The second kappa shape index (κ2) is 7.28. The highest BCUT2D eigenvalue weighted by molar-refractivity contribution is 6.16. The molecule has 1 amide bonds. The van der Waals surface area contributed by atoms with Crippen LogP contribution in [0.2, 0.25) is 0 Å². The van der Waals surface area contributed by atoms with Gasteiger partial charge < -0.3 is 10.2 Å². The highest BCUT2D eigenvalue weighted by atomic mass is 16.4. The number of aliphatic carboxylic acids is 1. The summed E-state index contributed by atoms with van der Waals surface area (Å²) in [6.07, 6.45) is 0.199. The molecule has 5 nitrogen and oxygen atoms in total. The summed E-state index contributed by atoms with van der Waals surface area (Å²) in [5.74, 6) is -2.79. The van der Waals surface area contributed by atoms with Crippen LogP contribution >= 0.6 is 0 Å². The van der Waals surface area contributed by atoms with Crippen LogP contribution in [0.25, 0.3) is 0 Å². The van der Waals surface area contributed by atoms with Gasteiger partial charge in [-0.25, -0.2) is 4.79 Å². The number of anilines is 1. The van der Waals surface area contributed by atoms with Crippen molar-refractivity contribution in [3.05, 3.63) is 113 Å². The number of aliphatic hydroxyl groups is 1. The van der Waals surface area contributed by atoms with Gasteiger partial charge >= 0.3 is 5.97 Å². The lowest BCUT2D eigenvalue weighted by Crippen LogP contribution is -2.49. The molecule has 1 aliphatic heterocycles. The Morgan fingerprint density at radius 2 is 1.34 bits per heavy atom. The number of benzene rings is 3. The van der Waals surface area contributed by atoms with E-state index < -0.39 is 23.2 Å². The molecule has 29 heavy (non-hydrogen) atoms. The third-order valence-corrected chi connectivity index (χ3v) is 5.22. The first kappa shape index (κ1) is 18.5. The second-order valence-corrected chi connectivity index (χ2v) is 6.89. The zero-order valence-corrected chi connectivity index (χ0v) is 15.5. The number of carboxylic acids is 1. The number of carbonyl (C=O) groups excluding carboxylic acids is 1. The van der Waals surface area contributed by atoms with Gasteiger partial charge in [0.2, 0.25) is 0 Å². The standard InChI is InChI=1S/C24H19NO4/c26-21-20(23(28)29)24(18-12-6-2-7-13-18,16-17-10-4-1-5-11-17)25(22(21)27)19-14-8-3-9-15-19/h1-15,26H,16H2,(H,28,29). The van der Waals surface area contributed by atoms with Crippen LogP contribution in [0.1, 0.15) is 11.1 Å². The van der Waals surface area contributed by atoms with Crippen molar-refractivity contribution in [1.82, 2.24) is 0 Å². The molecule has 0 saturated heterocycles. The number of aliphatic hydroxyl groups excluding tert-OH is 1. The van der Waals surface area contributed by atoms with Gasteiger partial charge in [-0.2, -0.15) is 0 Å². The van der Waals surface area contributed by atoms with E-state index in [1.54, 1.807) is 48.5 Å². The normalized spacial score (nSPS) is 18.9. The van der Waals surface area contributed by atoms with Gasteiger partial charge in [0.05, 0.1) is 0 Å². The third kappa shape index (κ3) is 2.97. The lowest BCUT2D eigenvalue weighted by molar-refractivity contribution is -0.133. The van der Waals surface area contributed by atoms with Crippen LogP contribution in [0, 0.1) is 0 Å². The maximum absolute atomic E-state index is 13.2. The molecule has 1 aliphatic rings. The summed E-state index contributed by atoms with van der Waals surface area (Å²) in [6.45, 7) is 0. The van der Waals surface area contributed by atoms with E-state index in [1.807, 2.05) is 42.5 Å². The van der Waals surface area contributed by atoms with E-state index in [0.717, 1.165) is 5.56 Å². The fourth-order valence-electron chi connectivity index (χ4n) is 4.03. The second-order valence-electron chi connectivity index (χ2n) is 6.89. The minimum atomic E-state index is -1.39. The van der Waals surface area contributed by atoms with Gasteiger partial charge in [0.15, 0.2) is 5.76 Å². The zero-order chi connectivity index (χ0) is 20.4. The van der Waals surface area contributed by atoms with Crippen LogP contribution in [0.5, 0.6) is 0 Å². The van der Waals surface area contributed by atoms with Crippen molar-refractivity contribution in [2.75, 3.05) is 4.90 Å². The number of carbonyl (C=O) groups is 2. The molecule has 4 rings (SSSR count). The predicted octanol–water partition coefficient (Wildman–Crippen LogP) is 4.07. The molecule has 144 valence electrons. The van der Waals surface area contributed by atoms with E-state index in [9.17, 15) is 19.8 Å². The number of nitrogens with zero attached hydrogens (tertiary/aromatic N) is 1. The Balaban J connectivity index is 2.04. The topological polar surface area (TPSA) is 77.8 Å². The minimum Gasteiger partial charge on any atom is -0.503 e. The molecule has 1 heterocycles. The van der Waals surface area contributed by atoms with E-state index in [0.29, 0.717) is 11.3 Å². The average Bonchev–Trinajstić information content (AvgIpc) is 2.97. The molecule has 0 radical (unpaired) electrons. The molecular weight excluding hydrogens is 366 g/mol. The summed E-state index contributed by atoms with van der Waals surface area (Å²) in [6, 6.07) is 27.2. The van der Waals surface area contributed by atoms with Crippen molar-refractivity contribution in [2.45, 2.75) is 12.0 Å². The number of para-hydroxylation sites is 1. The first-order valence-corrected chi connectivity index (χ1v) is 9.22. The summed E-state index contributed by atoms with van der Waals surface area (Å²) in [4.78, 5) is 26.9. The van der Waals surface area contributed by atoms with Gasteiger partial charge in [-0.15, -0.1) is 0 Å². The van der Waals surface area contributed by atoms with E-state index in [2.05, 4.69) is 0 Å². The third-order valence-electron chi connectivity index (χ3n) is 5.22. The van der Waals surface area contributed by atoms with Crippen LogP contribution in [0.4, 0.5) is 5.69 Å². The molecule has 0 saturated carbocycles. The number of hydrogen-bond donors (Lipinski definition) is 2. The quantitative estimate of drug-likeness (QED) is 0.694. The van der Waals surface area contributed by atoms with Gasteiger partial charge in [0, 0.05) is 12.1 Å². The Kier molecular flexibility index (Phi) is 4.64. The van der Waals surface area contributed by atoms with Gasteiger partial charge in [-0.3, -0.25) is 9.69 Å². The van der Waals surface area contributed by atoms with Crippen molar-refractivity contribution in [2.24, 2.45) is 0 Å². The van der Waals surface area contributed by atoms with Gasteiger partial charge in [0.1, 0.15) is 11.1 Å². The smallest absolute Gasteiger partial charge is 0.338 e. The molecule has 3 aromatic carbocycles. The molecule has 3 aromatic rings. The molecule has 1 atom stereocenters. The van der Waals surface area contributed by atoms with Crippen LogP contribution in [0.3, 0.4) is 0 Å². The van der Waals surface area contributed by atoms with E-state index >= 15 is 0 Å². The summed E-state index contributed by atoms with van der Waals surface area (Å²) in [5.41, 5.74) is 0.263. The van der Waals surface area contributed by atoms with E-state index in [-0.39, 0.29) is 12.0 Å².